The zero-order valence-corrected chi connectivity index (χ0v) is 43.6. The van der Waals surface area contributed by atoms with E-state index < -0.39 is 0 Å². The van der Waals surface area contributed by atoms with Crippen LogP contribution in [0.2, 0.25) is 0 Å². The third kappa shape index (κ3) is 29.6. The summed E-state index contributed by atoms with van der Waals surface area (Å²) in [6.07, 6.45) is 1.32. The van der Waals surface area contributed by atoms with Crippen molar-refractivity contribution in [3.05, 3.63) is 0 Å². The molecule has 4 aliphatic heterocycles. The predicted octanol–water partition coefficient (Wildman–Crippen LogP) is 6.84. The van der Waals surface area contributed by atoms with E-state index in [2.05, 4.69) is 154 Å². The van der Waals surface area contributed by atoms with Crippen LogP contribution in [0.3, 0.4) is 0 Å². The Morgan fingerprint density at radius 3 is 0.639 bits per heavy atom. The van der Waals surface area contributed by atoms with Crippen LogP contribution in [0.1, 0.15) is 131 Å². The summed E-state index contributed by atoms with van der Waals surface area (Å²) >= 11 is 0. The van der Waals surface area contributed by atoms with Gasteiger partial charge in [0.25, 0.3) is 0 Å². The van der Waals surface area contributed by atoms with Crippen molar-refractivity contribution in [3.8, 4) is 0 Å². The summed E-state index contributed by atoms with van der Waals surface area (Å²) in [5.74, 6) is 0. The molecule has 12 heteroatoms. The topological polar surface area (TPSA) is 74.8 Å². The number of nitrogens with zero attached hydrogens (tertiary/aromatic N) is 6. The largest absolute Gasteiger partial charge is 0.375 e. The van der Waals surface area contributed by atoms with Crippen LogP contribution in [0.25, 0.3) is 0 Å². The van der Waals surface area contributed by atoms with Crippen LogP contribution in [-0.4, -0.2) is 219 Å². The van der Waals surface area contributed by atoms with E-state index >= 15 is 0 Å². The molecule has 4 heterocycles. The van der Waals surface area contributed by atoms with E-state index in [4.69, 9.17) is 28.4 Å². The summed E-state index contributed by atoms with van der Waals surface area (Å²) in [7, 11) is 0. The lowest BCUT2D eigenvalue weighted by Gasteiger charge is -2.35. The minimum atomic E-state index is -0.0217. The first-order chi connectivity index (χ1) is 28.0. The number of rotatable bonds is 18. The molecule has 12 nitrogen and oxygen atoms in total. The van der Waals surface area contributed by atoms with Gasteiger partial charge in [0.1, 0.15) is 0 Å². The van der Waals surface area contributed by atoms with Crippen LogP contribution < -0.4 is 0 Å². The molecule has 0 spiro atoms. The van der Waals surface area contributed by atoms with Crippen molar-refractivity contribution in [2.75, 3.05) is 144 Å². The summed E-state index contributed by atoms with van der Waals surface area (Å²) in [5, 5.41) is 0. The Morgan fingerprint density at radius 2 is 0.475 bits per heavy atom. The van der Waals surface area contributed by atoms with E-state index in [9.17, 15) is 0 Å². The summed E-state index contributed by atoms with van der Waals surface area (Å²) in [5.41, 5.74) is -0.124. The summed E-state index contributed by atoms with van der Waals surface area (Å²) in [6, 6.07) is 1.46. The lowest BCUT2D eigenvalue weighted by Crippen LogP contribution is -2.48. The molecule has 4 rings (SSSR count). The number of hydrogen-bond acceptors (Lipinski definition) is 12. The second-order valence-corrected chi connectivity index (χ2v) is 23.7. The van der Waals surface area contributed by atoms with Crippen LogP contribution in [0, 0.1) is 0 Å². The lowest BCUT2D eigenvalue weighted by atomic mass is 10.2. The number of likely N-dealkylation sites (tertiary alicyclic amines) is 2. The van der Waals surface area contributed by atoms with Crippen LogP contribution in [0.5, 0.6) is 0 Å². The van der Waals surface area contributed by atoms with Crippen LogP contribution in [0.4, 0.5) is 0 Å². The van der Waals surface area contributed by atoms with Crippen molar-refractivity contribution in [3.63, 3.8) is 0 Å². The number of hydrogen-bond donors (Lipinski definition) is 0. The Kier molecular flexibility index (Phi) is 24.2. The van der Waals surface area contributed by atoms with E-state index in [1.807, 2.05) is 0 Å². The Bertz CT molecular complexity index is 991. The van der Waals surface area contributed by atoms with E-state index in [-0.39, 0.29) is 33.6 Å². The highest BCUT2D eigenvalue weighted by Gasteiger charge is 2.42. The molecule has 0 aromatic heterocycles. The molecule has 0 aliphatic carbocycles. The average Bonchev–Trinajstić information content (AvgIpc) is 3.68. The van der Waals surface area contributed by atoms with E-state index in [1.165, 1.54) is 19.5 Å². The fourth-order valence-electron chi connectivity index (χ4n) is 7.71. The first kappa shape index (κ1) is 56.6. The van der Waals surface area contributed by atoms with Gasteiger partial charge in [-0.15, -0.1) is 0 Å². The van der Waals surface area contributed by atoms with Gasteiger partial charge in [-0.1, -0.05) is 0 Å². The molecule has 4 aliphatic rings. The Balaban J connectivity index is 0.000000315. The summed E-state index contributed by atoms with van der Waals surface area (Å²) in [4.78, 5) is 15.2. The van der Waals surface area contributed by atoms with Gasteiger partial charge in [-0.05, 0) is 131 Å². The highest BCUT2D eigenvalue weighted by molar-refractivity contribution is 4.99. The fourth-order valence-corrected chi connectivity index (χ4v) is 7.71. The maximum absolute atomic E-state index is 5.85. The molecule has 0 unspecified atom stereocenters. The maximum Gasteiger partial charge on any atom is 0.0600 e. The summed E-state index contributed by atoms with van der Waals surface area (Å²) in [6.45, 7) is 61.0. The highest BCUT2D eigenvalue weighted by atomic mass is 16.5. The third-order valence-corrected chi connectivity index (χ3v) is 11.0. The maximum atomic E-state index is 5.85. The second-order valence-electron chi connectivity index (χ2n) is 23.7. The van der Waals surface area contributed by atoms with Crippen molar-refractivity contribution < 1.29 is 28.4 Å². The van der Waals surface area contributed by atoms with Crippen LogP contribution in [0.15, 0.2) is 0 Å². The van der Waals surface area contributed by atoms with Crippen molar-refractivity contribution in [2.45, 2.75) is 177 Å². The van der Waals surface area contributed by atoms with E-state index in [1.54, 1.807) is 0 Å². The minimum Gasteiger partial charge on any atom is -0.375 e. The Labute approximate surface area is 377 Å². The molecule has 2 bridgehead atoms. The van der Waals surface area contributed by atoms with E-state index in [0.717, 1.165) is 143 Å². The van der Waals surface area contributed by atoms with Gasteiger partial charge in [-0.2, -0.15) is 0 Å². The fraction of sp³-hybridized carbons (Fsp3) is 1.00. The van der Waals surface area contributed by atoms with Gasteiger partial charge >= 0.3 is 0 Å². The quantitative estimate of drug-likeness (QED) is 0.145. The minimum absolute atomic E-state index is 0.0188. The molecule has 0 amide bonds. The molecule has 0 aromatic carbocycles. The molecular weight excluding hydrogens is 769 g/mol. The van der Waals surface area contributed by atoms with Gasteiger partial charge in [0.15, 0.2) is 0 Å². The van der Waals surface area contributed by atoms with Gasteiger partial charge in [-0.25, -0.2) is 0 Å². The molecule has 61 heavy (non-hydrogen) atoms. The Hall–Kier alpha value is -0.480. The molecule has 0 radical (unpaired) electrons. The number of ether oxygens (including phenoxy) is 6. The number of fused-ring (bicyclic) bond motifs is 2. The van der Waals surface area contributed by atoms with Crippen LogP contribution in [-0.2, 0) is 28.4 Å². The molecular formula is C49H102N6O6. The zero-order valence-electron chi connectivity index (χ0n) is 43.6. The van der Waals surface area contributed by atoms with Crippen molar-refractivity contribution in [1.29, 1.82) is 0 Å². The van der Waals surface area contributed by atoms with Gasteiger partial charge in [0.2, 0.25) is 0 Å². The first-order valence-electron chi connectivity index (χ1n) is 24.2. The van der Waals surface area contributed by atoms with Gasteiger partial charge in [0, 0.05) is 117 Å². The smallest absolute Gasteiger partial charge is 0.0600 e. The first-order valence-corrected chi connectivity index (χ1v) is 24.2. The summed E-state index contributed by atoms with van der Waals surface area (Å²) < 4.78 is 34.8. The molecule has 364 valence electrons. The van der Waals surface area contributed by atoms with Crippen LogP contribution >= 0.6 is 0 Å². The molecule has 0 N–H and O–H groups in total. The average molecular weight is 871 g/mol. The normalized spacial score (nSPS) is 22.3. The predicted molar refractivity (Wildman–Crippen MR) is 255 cm³/mol. The van der Waals surface area contributed by atoms with E-state index in [0.29, 0.717) is 0 Å². The molecule has 4 fully saturated rings. The van der Waals surface area contributed by atoms with Gasteiger partial charge in [0.05, 0.1) is 73.2 Å². The van der Waals surface area contributed by atoms with Crippen molar-refractivity contribution >= 4 is 0 Å². The van der Waals surface area contributed by atoms with Gasteiger partial charge in [-0.3, -0.25) is 29.4 Å². The molecule has 2 atom stereocenters. The lowest BCUT2D eigenvalue weighted by molar-refractivity contribution is -0.0286. The Morgan fingerprint density at radius 1 is 0.295 bits per heavy atom. The van der Waals surface area contributed by atoms with Gasteiger partial charge < -0.3 is 28.4 Å². The van der Waals surface area contributed by atoms with Crippen molar-refractivity contribution in [2.24, 2.45) is 0 Å². The van der Waals surface area contributed by atoms with Crippen molar-refractivity contribution in [1.82, 2.24) is 29.4 Å². The number of piperazine rings is 3. The SMILES string of the molecule is CC(C)(C)OCCN1CCN(CCOC(C)(C)C)CC1.CC(C)(C)OCCN1CCN(CCOC(C)(C)C)CC1.CC(C)(C)OCCN1C[C@@H]2C[C@H]1CN2CCOC(C)(C)C. The highest BCUT2D eigenvalue weighted by Crippen LogP contribution is 2.30. The third-order valence-electron chi connectivity index (χ3n) is 11.0. The molecule has 0 aromatic rings. The zero-order chi connectivity index (χ0) is 46.1. The standard InChI is InChI=1S/C17H34N2O2.2C16H34N2O2/c1-16(2,3)20-9-7-18-12-15-11-14(18)13-19(15)8-10-21-17(4,5)6;2*1-15(2,3)19-13-11-17-7-9-18(10-8-17)12-14-20-16(4,5)6/h14-15H,7-13H2,1-6H3;2*7-14H2,1-6H3/t14-,15-;;/m0../s1. The molecule has 0 saturated carbocycles. The second kappa shape index (κ2) is 26.0. The molecule has 4 saturated heterocycles. The monoisotopic (exact) mass is 871 g/mol.